The van der Waals surface area contributed by atoms with Crippen molar-refractivity contribution in [3.05, 3.63) is 29.3 Å². The molecule has 0 radical (unpaired) electrons. The highest BCUT2D eigenvalue weighted by Crippen LogP contribution is 2.31. The normalized spacial score (nSPS) is 18.7. The molecule has 8 heteroatoms. The average molecular weight is 343 g/mol. The summed E-state index contributed by atoms with van der Waals surface area (Å²) < 4.78 is 43.3. The van der Waals surface area contributed by atoms with Gasteiger partial charge in [-0.2, -0.15) is 18.4 Å². The van der Waals surface area contributed by atoms with Crippen LogP contribution in [0, 0.1) is 11.3 Å². The van der Waals surface area contributed by atoms with Gasteiger partial charge >= 0.3 is 6.18 Å². The van der Waals surface area contributed by atoms with E-state index < -0.39 is 17.3 Å². The van der Waals surface area contributed by atoms with Crippen LogP contribution in [0.2, 0.25) is 0 Å². The summed E-state index contributed by atoms with van der Waals surface area (Å²) in [7, 11) is 0. The highest BCUT2D eigenvalue weighted by atomic mass is 19.4. The predicted molar refractivity (Wildman–Crippen MR) is 82.5 cm³/mol. The summed E-state index contributed by atoms with van der Waals surface area (Å²) in [6.45, 7) is 4.84. The zero-order valence-corrected chi connectivity index (χ0v) is 13.4. The van der Waals surface area contributed by atoms with Gasteiger partial charge in [0, 0.05) is 26.2 Å². The van der Waals surface area contributed by atoms with Gasteiger partial charge < -0.3 is 15.2 Å². The molecule has 1 aliphatic heterocycles. The number of anilines is 1. The molecule has 0 unspecified atom stereocenters. The summed E-state index contributed by atoms with van der Waals surface area (Å²) in [6.07, 6.45) is -4.49. The lowest BCUT2D eigenvalue weighted by Crippen LogP contribution is -2.49. The number of alkyl halides is 3. The monoisotopic (exact) mass is 343 g/mol. The molecule has 1 aromatic rings. The molecular formula is C16H20F3N3O2. The highest BCUT2D eigenvalue weighted by molar-refractivity contribution is 5.59. The van der Waals surface area contributed by atoms with Gasteiger partial charge in [0.05, 0.1) is 35.6 Å². The summed E-state index contributed by atoms with van der Waals surface area (Å²) in [5, 5.41) is 22.4. The molecule has 0 spiro atoms. The maximum atomic E-state index is 12.7. The van der Waals surface area contributed by atoms with E-state index in [2.05, 4.69) is 10.2 Å². The average Bonchev–Trinajstić information content (AvgIpc) is 2.52. The lowest BCUT2D eigenvalue weighted by atomic mass is 10.0. The summed E-state index contributed by atoms with van der Waals surface area (Å²) in [5.74, 6) is 0. The molecule has 0 bridgehead atoms. The molecule has 0 aliphatic carbocycles. The molecule has 1 aliphatic rings. The number of halogens is 3. The molecule has 1 aromatic carbocycles. The van der Waals surface area contributed by atoms with Crippen LogP contribution in [0.15, 0.2) is 18.2 Å². The van der Waals surface area contributed by atoms with Crippen molar-refractivity contribution in [3.8, 4) is 6.07 Å². The molecule has 1 saturated heterocycles. The number of ether oxygens (including phenoxy) is 1. The third-order valence-electron chi connectivity index (χ3n) is 3.79. The molecule has 0 saturated carbocycles. The zero-order valence-electron chi connectivity index (χ0n) is 13.4. The molecule has 2 N–H and O–H groups in total. The Hall–Kier alpha value is -1.82. The quantitative estimate of drug-likeness (QED) is 0.857. The summed E-state index contributed by atoms with van der Waals surface area (Å²) >= 11 is 0. The van der Waals surface area contributed by atoms with Crippen molar-refractivity contribution >= 4 is 5.69 Å². The summed E-state index contributed by atoms with van der Waals surface area (Å²) in [6, 6.07) is 4.69. The Kier molecular flexibility index (Phi) is 5.70. The lowest BCUT2D eigenvalue weighted by molar-refractivity contribution is -0.137. The van der Waals surface area contributed by atoms with E-state index in [4.69, 9.17) is 10.00 Å². The van der Waals surface area contributed by atoms with Crippen LogP contribution in [0.5, 0.6) is 0 Å². The first-order valence-corrected chi connectivity index (χ1v) is 7.59. The zero-order chi connectivity index (χ0) is 17.8. The van der Waals surface area contributed by atoms with Gasteiger partial charge in [0.2, 0.25) is 0 Å². The van der Waals surface area contributed by atoms with Crippen LogP contribution in [0.3, 0.4) is 0 Å². The number of benzene rings is 1. The largest absolute Gasteiger partial charge is 0.416 e. The van der Waals surface area contributed by atoms with Gasteiger partial charge in [-0.3, -0.25) is 4.90 Å². The standard InChI is InChI=1S/C16H20F3N3O2/c1-15(23,11-22-4-6-24-7-5-22)10-21-14-3-2-13(16(17,18)19)8-12(14)9-20/h2-3,8,21,23H,4-7,10-11H2,1H3/t15-/m1/s1. The minimum atomic E-state index is -4.49. The van der Waals surface area contributed by atoms with Crippen LogP contribution in [-0.4, -0.2) is 55.0 Å². The number of nitrogens with zero attached hydrogens (tertiary/aromatic N) is 2. The summed E-state index contributed by atoms with van der Waals surface area (Å²) in [4.78, 5) is 2.06. The van der Waals surface area contributed by atoms with Crippen LogP contribution >= 0.6 is 0 Å². The van der Waals surface area contributed by atoms with E-state index in [9.17, 15) is 18.3 Å². The number of β-amino-alcohol motifs (C(OH)–C–C–N with tert-alkyl or cyclic N) is 1. The van der Waals surface area contributed by atoms with Gasteiger partial charge in [0.25, 0.3) is 0 Å². The van der Waals surface area contributed by atoms with Crippen LogP contribution in [0.4, 0.5) is 18.9 Å². The van der Waals surface area contributed by atoms with Gasteiger partial charge in [-0.25, -0.2) is 0 Å². The fraction of sp³-hybridized carbons (Fsp3) is 0.562. The van der Waals surface area contributed by atoms with Crippen molar-refractivity contribution in [2.24, 2.45) is 0 Å². The highest BCUT2D eigenvalue weighted by Gasteiger charge is 2.31. The van der Waals surface area contributed by atoms with E-state index in [0.29, 0.717) is 19.8 Å². The van der Waals surface area contributed by atoms with E-state index in [1.165, 1.54) is 6.07 Å². The Morgan fingerprint density at radius 2 is 2.00 bits per heavy atom. The van der Waals surface area contributed by atoms with Crippen molar-refractivity contribution < 1.29 is 23.0 Å². The maximum Gasteiger partial charge on any atom is 0.416 e. The molecule has 0 aromatic heterocycles. The number of morpholine rings is 1. The van der Waals surface area contributed by atoms with Crippen LogP contribution < -0.4 is 5.32 Å². The fourth-order valence-corrected chi connectivity index (χ4v) is 2.55. The van der Waals surface area contributed by atoms with Crippen molar-refractivity contribution in [1.82, 2.24) is 4.90 Å². The van der Waals surface area contributed by atoms with Crippen molar-refractivity contribution in [1.29, 1.82) is 5.26 Å². The van der Waals surface area contributed by atoms with Crippen molar-refractivity contribution in [2.75, 3.05) is 44.7 Å². The molecule has 0 amide bonds. The first-order chi connectivity index (χ1) is 11.2. The van der Waals surface area contributed by atoms with Crippen LogP contribution in [-0.2, 0) is 10.9 Å². The SMILES string of the molecule is C[C@@](O)(CNc1ccc(C(F)(F)F)cc1C#N)CN1CCOCC1. The Morgan fingerprint density at radius 1 is 1.33 bits per heavy atom. The lowest BCUT2D eigenvalue weighted by Gasteiger charge is -2.34. The van der Waals surface area contributed by atoms with E-state index in [0.717, 1.165) is 25.2 Å². The van der Waals surface area contributed by atoms with E-state index in [-0.39, 0.29) is 17.8 Å². The van der Waals surface area contributed by atoms with Crippen molar-refractivity contribution in [3.63, 3.8) is 0 Å². The molecule has 1 fully saturated rings. The topological polar surface area (TPSA) is 68.5 Å². The van der Waals surface area contributed by atoms with Crippen molar-refractivity contribution in [2.45, 2.75) is 18.7 Å². The first-order valence-electron chi connectivity index (χ1n) is 7.59. The number of nitrogens with one attached hydrogen (secondary N) is 1. The first kappa shape index (κ1) is 18.5. The van der Waals surface area contributed by atoms with Gasteiger partial charge in [0.1, 0.15) is 6.07 Å². The smallest absolute Gasteiger partial charge is 0.387 e. The van der Waals surface area contributed by atoms with E-state index in [1.807, 2.05) is 0 Å². The molecule has 1 heterocycles. The minimum Gasteiger partial charge on any atom is -0.387 e. The number of hydrogen-bond acceptors (Lipinski definition) is 5. The maximum absolute atomic E-state index is 12.7. The molecular weight excluding hydrogens is 323 g/mol. The summed E-state index contributed by atoms with van der Waals surface area (Å²) in [5.41, 5.74) is -1.79. The van der Waals surface area contributed by atoms with Gasteiger partial charge in [-0.15, -0.1) is 0 Å². The number of hydrogen-bond donors (Lipinski definition) is 2. The molecule has 2 rings (SSSR count). The minimum absolute atomic E-state index is 0.105. The van der Waals surface area contributed by atoms with Gasteiger partial charge in [-0.1, -0.05) is 0 Å². The fourth-order valence-electron chi connectivity index (χ4n) is 2.55. The Balaban J connectivity index is 2.01. The number of aliphatic hydroxyl groups is 1. The predicted octanol–water partition coefficient (Wildman–Crippen LogP) is 2.07. The van der Waals surface area contributed by atoms with Crippen LogP contribution in [0.25, 0.3) is 0 Å². The molecule has 1 atom stereocenters. The number of nitriles is 1. The van der Waals surface area contributed by atoms with Gasteiger partial charge in [0.15, 0.2) is 0 Å². The van der Waals surface area contributed by atoms with E-state index in [1.54, 1.807) is 13.0 Å². The molecule has 132 valence electrons. The third-order valence-corrected chi connectivity index (χ3v) is 3.79. The Labute approximate surface area is 138 Å². The van der Waals surface area contributed by atoms with E-state index >= 15 is 0 Å². The van der Waals surface area contributed by atoms with Gasteiger partial charge in [-0.05, 0) is 25.1 Å². The Bertz CT molecular complexity index is 606. The second-order valence-corrected chi connectivity index (χ2v) is 6.11. The Morgan fingerprint density at radius 3 is 2.58 bits per heavy atom. The molecule has 24 heavy (non-hydrogen) atoms. The van der Waals surface area contributed by atoms with Crippen LogP contribution in [0.1, 0.15) is 18.1 Å². The second-order valence-electron chi connectivity index (χ2n) is 6.11. The number of rotatable bonds is 5. The third kappa shape index (κ3) is 5.09. The second kappa shape index (κ2) is 7.38. The molecule has 5 nitrogen and oxygen atoms in total.